The molecular formula is C17H13N5. The van der Waals surface area contributed by atoms with Gasteiger partial charge in [0.1, 0.15) is 0 Å². The van der Waals surface area contributed by atoms with Crippen molar-refractivity contribution in [1.82, 2.24) is 19.9 Å². The minimum Gasteiger partial charge on any atom is -0.276 e. The van der Waals surface area contributed by atoms with Crippen molar-refractivity contribution >= 4 is 17.1 Å². The van der Waals surface area contributed by atoms with Gasteiger partial charge in [-0.25, -0.2) is 4.68 Å². The van der Waals surface area contributed by atoms with Crippen LogP contribution in [0.5, 0.6) is 0 Å². The fourth-order valence-electron chi connectivity index (χ4n) is 2.38. The average Bonchev–Trinajstić information content (AvgIpc) is 3.23. The molecule has 0 bridgehead atoms. The van der Waals surface area contributed by atoms with Gasteiger partial charge in [0, 0.05) is 30.2 Å². The van der Waals surface area contributed by atoms with Gasteiger partial charge in [-0.15, -0.1) is 0 Å². The SMILES string of the molecule is C(=Nn1cccc1)c1[nH]nc2cc(-c3ccncc3)ccc12. The Hall–Kier alpha value is -3.21. The highest BCUT2D eigenvalue weighted by molar-refractivity contribution is 5.98. The van der Waals surface area contributed by atoms with Gasteiger partial charge in [0.2, 0.25) is 0 Å². The lowest BCUT2D eigenvalue weighted by Gasteiger charge is -2.00. The molecule has 5 nitrogen and oxygen atoms in total. The molecule has 0 radical (unpaired) electrons. The molecule has 0 amide bonds. The van der Waals surface area contributed by atoms with E-state index in [2.05, 4.69) is 38.5 Å². The zero-order valence-electron chi connectivity index (χ0n) is 11.7. The second-order valence-electron chi connectivity index (χ2n) is 4.91. The van der Waals surface area contributed by atoms with Crippen molar-refractivity contribution in [1.29, 1.82) is 0 Å². The lowest BCUT2D eigenvalue weighted by Crippen LogP contribution is -1.87. The summed E-state index contributed by atoms with van der Waals surface area (Å²) >= 11 is 0. The summed E-state index contributed by atoms with van der Waals surface area (Å²) in [7, 11) is 0. The molecule has 0 unspecified atom stereocenters. The summed E-state index contributed by atoms with van der Waals surface area (Å²) < 4.78 is 1.75. The quantitative estimate of drug-likeness (QED) is 0.588. The number of hydrogen-bond acceptors (Lipinski definition) is 3. The van der Waals surface area contributed by atoms with Gasteiger partial charge >= 0.3 is 0 Å². The van der Waals surface area contributed by atoms with Crippen LogP contribution in [0.1, 0.15) is 5.69 Å². The topological polar surface area (TPSA) is 58.9 Å². The number of H-pyrrole nitrogens is 1. The maximum atomic E-state index is 4.36. The Kier molecular flexibility index (Phi) is 3.01. The molecule has 0 aliphatic carbocycles. The third-order valence-electron chi connectivity index (χ3n) is 3.51. The van der Waals surface area contributed by atoms with Gasteiger partial charge in [0.15, 0.2) is 0 Å². The van der Waals surface area contributed by atoms with Crippen LogP contribution >= 0.6 is 0 Å². The molecule has 3 heterocycles. The minimum absolute atomic E-state index is 0.893. The highest BCUT2D eigenvalue weighted by atomic mass is 15.3. The second-order valence-corrected chi connectivity index (χ2v) is 4.91. The molecule has 1 N–H and O–H groups in total. The first-order valence-corrected chi connectivity index (χ1v) is 6.96. The second kappa shape index (κ2) is 5.29. The number of nitrogens with zero attached hydrogens (tertiary/aromatic N) is 4. The number of aromatic nitrogens is 4. The Morgan fingerprint density at radius 1 is 1.00 bits per heavy atom. The van der Waals surface area contributed by atoms with E-state index in [1.807, 2.05) is 36.7 Å². The molecule has 4 aromatic rings. The summed E-state index contributed by atoms with van der Waals surface area (Å²) in [6.45, 7) is 0. The molecule has 0 fully saturated rings. The number of pyridine rings is 1. The molecule has 0 atom stereocenters. The summed E-state index contributed by atoms with van der Waals surface area (Å²) in [5.41, 5.74) is 4.06. The third-order valence-corrected chi connectivity index (χ3v) is 3.51. The van der Waals surface area contributed by atoms with Crippen molar-refractivity contribution in [3.8, 4) is 11.1 Å². The first-order chi connectivity index (χ1) is 10.9. The Balaban J connectivity index is 1.72. The molecule has 1 aromatic carbocycles. The van der Waals surface area contributed by atoms with Gasteiger partial charge in [-0.2, -0.15) is 10.2 Å². The summed E-state index contributed by atoms with van der Waals surface area (Å²) in [6.07, 6.45) is 9.13. The minimum atomic E-state index is 0.893. The van der Waals surface area contributed by atoms with Crippen LogP contribution in [0, 0.1) is 0 Å². The molecule has 0 aliphatic rings. The van der Waals surface area contributed by atoms with E-state index in [0.717, 1.165) is 27.7 Å². The van der Waals surface area contributed by atoms with Crippen molar-refractivity contribution in [3.63, 3.8) is 0 Å². The molecular weight excluding hydrogens is 274 g/mol. The molecule has 0 aliphatic heterocycles. The van der Waals surface area contributed by atoms with Gasteiger partial charge in [-0.1, -0.05) is 6.07 Å². The van der Waals surface area contributed by atoms with Crippen LogP contribution in [0.15, 0.2) is 72.4 Å². The van der Waals surface area contributed by atoms with E-state index in [0.29, 0.717) is 0 Å². The van der Waals surface area contributed by atoms with Crippen LogP contribution in [0.4, 0.5) is 0 Å². The predicted molar refractivity (Wildman–Crippen MR) is 86.7 cm³/mol. The number of hydrogen-bond donors (Lipinski definition) is 1. The van der Waals surface area contributed by atoms with Crippen LogP contribution in [0.3, 0.4) is 0 Å². The van der Waals surface area contributed by atoms with Gasteiger partial charge in [0.25, 0.3) is 0 Å². The summed E-state index contributed by atoms with van der Waals surface area (Å²) in [5.74, 6) is 0. The van der Waals surface area contributed by atoms with E-state index in [4.69, 9.17) is 0 Å². The lowest BCUT2D eigenvalue weighted by molar-refractivity contribution is 0.893. The summed E-state index contributed by atoms with van der Waals surface area (Å²) in [6, 6.07) is 14.1. The van der Waals surface area contributed by atoms with Crippen LogP contribution in [-0.2, 0) is 0 Å². The zero-order chi connectivity index (χ0) is 14.8. The maximum absolute atomic E-state index is 4.36. The van der Waals surface area contributed by atoms with Crippen LogP contribution in [0.25, 0.3) is 22.0 Å². The van der Waals surface area contributed by atoms with Gasteiger partial charge in [-0.05, 0) is 47.5 Å². The van der Waals surface area contributed by atoms with E-state index in [9.17, 15) is 0 Å². The highest BCUT2D eigenvalue weighted by Gasteiger charge is 2.05. The van der Waals surface area contributed by atoms with Crippen LogP contribution in [0.2, 0.25) is 0 Å². The molecule has 0 spiro atoms. The first-order valence-electron chi connectivity index (χ1n) is 6.96. The lowest BCUT2D eigenvalue weighted by atomic mass is 10.1. The molecule has 106 valence electrons. The van der Waals surface area contributed by atoms with Crippen molar-refractivity contribution in [2.75, 3.05) is 0 Å². The average molecular weight is 287 g/mol. The molecule has 0 saturated heterocycles. The smallest absolute Gasteiger partial charge is 0.0934 e. The zero-order valence-corrected chi connectivity index (χ0v) is 11.7. The molecule has 3 aromatic heterocycles. The number of benzene rings is 1. The molecule has 5 heteroatoms. The predicted octanol–water partition coefficient (Wildman–Crippen LogP) is 3.31. The van der Waals surface area contributed by atoms with E-state index in [-0.39, 0.29) is 0 Å². The standard InChI is InChI=1S/C17H13N5/c1-2-10-22(9-1)19-12-17-15-4-3-14(11-16(15)20-21-17)13-5-7-18-8-6-13/h1-12H,(H,20,21). The van der Waals surface area contributed by atoms with Gasteiger partial charge < -0.3 is 0 Å². The number of nitrogens with one attached hydrogen (secondary N) is 1. The Morgan fingerprint density at radius 3 is 2.64 bits per heavy atom. The van der Waals surface area contributed by atoms with Crippen LogP contribution in [-0.4, -0.2) is 26.1 Å². The largest absolute Gasteiger partial charge is 0.276 e. The first kappa shape index (κ1) is 12.5. The maximum Gasteiger partial charge on any atom is 0.0934 e. The number of aromatic amines is 1. The van der Waals surface area contributed by atoms with E-state index in [1.165, 1.54) is 0 Å². The number of rotatable bonds is 3. The number of fused-ring (bicyclic) bond motifs is 1. The van der Waals surface area contributed by atoms with Crippen molar-refractivity contribution in [2.24, 2.45) is 5.10 Å². The molecule has 22 heavy (non-hydrogen) atoms. The normalized spacial score (nSPS) is 11.5. The fraction of sp³-hybridized carbons (Fsp3) is 0. The van der Waals surface area contributed by atoms with Crippen LogP contribution < -0.4 is 0 Å². The third kappa shape index (κ3) is 2.29. The summed E-state index contributed by atoms with van der Waals surface area (Å²) in [5, 5.41) is 12.8. The van der Waals surface area contributed by atoms with Crippen molar-refractivity contribution in [2.45, 2.75) is 0 Å². The Bertz CT molecular complexity index is 920. The van der Waals surface area contributed by atoms with Crippen molar-refractivity contribution in [3.05, 3.63) is 72.9 Å². The fourth-order valence-corrected chi connectivity index (χ4v) is 2.38. The van der Waals surface area contributed by atoms with E-state index >= 15 is 0 Å². The van der Waals surface area contributed by atoms with Gasteiger partial charge in [0.05, 0.1) is 17.4 Å². The summed E-state index contributed by atoms with van der Waals surface area (Å²) in [4.78, 5) is 4.04. The monoisotopic (exact) mass is 287 g/mol. The highest BCUT2D eigenvalue weighted by Crippen LogP contribution is 2.24. The Morgan fingerprint density at radius 2 is 1.82 bits per heavy atom. The Labute approximate surface area is 126 Å². The molecule has 4 rings (SSSR count). The van der Waals surface area contributed by atoms with E-state index < -0.39 is 0 Å². The van der Waals surface area contributed by atoms with E-state index in [1.54, 1.807) is 23.3 Å². The van der Waals surface area contributed by atoms with Gasteiger partial charge in [-0.3, -0.25) is 10.1 Å². The van der Waals surface area contributed by atoms with Crippen molar-refractivity contribution < 1.29 is 0 Å². The molecule has 0 saturated carbocycles.